The van der Waals surface area contributed by atoms with Crippen molar-refractivity contribution in [3.8, 4) is 0 Å². The molecule has 1 fully saturated rings. The van der Waals surface area contributed by atoms with Gasteiger partial charge < -0.3 is 25.8 Å². The van der Waals surface area contributed by atoms with Crippen LogP contribution in [-0.4, -0.2) is 68.1 Å². The molecule has 0 atom stereocenters. The number of hydrogen-bond donors (Lipinski definition) is 3. The summed E-state index contributed by atoms with van der Waals surface area (Å²) in [6.45, 7) is 4.76. The van der Waals surface area contributed by atoms with Gasteiger partial charge in [0.05, 0.1) is 17.3 Å². The highest BCUT2D eigenvalue weighted by Crippen LogP contribution is 2.31. The van der Waals surface area contributed by atoms with Crippen molar-refractivity contribution in [3.63, 3.8) is 0 Å². The lowest BCUT2D eigenvalue weighted by atomic mass is 9.92. The molecule has 6 nitrogen and oxygen atoms in total. The van der Waals surface area contributed by atoms with Crippen LogP contribution in [0.3, 0.4) is 0 Å². The molecule has 8 heteroatoms. The Morgan fingerprint density at radius 1 is 1.41 bits per heavy atom. The maximum absolute atomic E-state index is 15.2. The van der Waals surface area contributed by atoms with Crippen LogP contribution in [-0.2, 0) is 11.2 Å². The smallest absolute Gasteiger partial charge is 0.251 e. The topological polar surface area (TPSA) is 87.8 Å². The molecule has 0 spiro atoms. The van der Waals surface area contributed by atoms with Gasteiger partial charge in [-0.15, -0.1) is 0 Å². The van der Waals surface area contributed by atoms with Gasteiger partial charge in [0.15, 0.2) is 0 Å². The zero-order chi connectivity index (χ0) is 21.4. The Labute approximate surface area is 177 Å². The number of nitrogens with zero attached hydrogens (tertiary/aromatic N) is 1. The normalized spacial score (nSPS) is 16.7. The summed E-state index contributed by atoms with van der Waals surface area (Å²) >= 11 is 6.20. The second kappa shape index (κ2) is 11.1. The highest BCUT2D eigenvalue weighted by atomic mass is 35.5. The SMILES string of the molecule is COCCCN1CCC(F)(CNC(=O)c2cc(Cl)c(N)c(CCCO)c2C)CC1. The zero-order valence-corrected chi connectivity index (χ0v) is 18.2. The first-order valence-corrected chi connectivity index (χ1v) is 10.6. The first kappa shape index (κ1) is 23.9. The maximum Gasteiger partial charge on any atom is 0.251 e. The van der Waals surface area contributed by atoms with Crippen molar-refractivity contribution in [2.45, 2.75) is 44.7 Å². The molecule has 29 heavy (non-hydrogen) atoms. The van der Waals surface area contributed by atoms with E-state index >= 15 is 4.39 Å². The van der Waals surface area contributed by atoms with Crippen molar-refractivity contribution in [2.75, 3.05) is 52.2 Å². The lowest BCUT2D eigenvalue weighted by molar-refractivity contribution is 0.0511. The quantitative estimate of drug-likeness (QED) is 0.393. The van der Waals surface area contributed by atoms with Crippen LogP contribution in [0, 0.1) is 6.92 Å². The van der Waals surface area contributed by atoms with Crippen LogP contribution in [0.5, 0.6) is 0 Å². The number of aliphatic hydroxyl groups is 1. The number of likely N-dealkylation sites (tertiary alicyclic amines) is 1. The minimum absolute atomic E-state index is 0.0227. The third-order valence-electron chi connectivity index (χ3n) is 5.68. The molecule has 1 aliphatic heterocycles. The number of halogens is 2. The van der Waals surface area contributed by atoms with Gasteiger partial charge >= 0.3 is 0 Å². The minimum Gasteiger partial charge on any atom is -0.397 e. The largest absolute Gasteiger partial charge is 0.397 e. The van der Waals surface area contributed by atoms with E-state index in [1.165, 1.54) is 6.07 Å². The molecule has 0 radical (unpaired) electrons. The highest BCUT2D eigenvalue weighted by Gasteiger charge is 2.35. The lowest BCUT2D eigenvalue weighted by Gasteiger charge is -2.36. The number of carbonyl (C=O) groups is 1. The summed E-state index contributed by atoms with van der Waals surface area (Å²) < 4.78 is 20.2. The number of ether oxygens (including phenoxy) is 1. The number of rotatable bonds is 10. The van der Waals surface area contributed by atoms with Gasteiger partial charge in [-0.05, 0) is 56.2 Å². The van der Waals surface area contributed by atoms with Gasteiger partial charge in [0.1, 0.15) is 5.67 Å². The van der Waals surface area contributed by atoms with E-state index in [-0.39, 0.29) is 19.1 Å². The van der Waals surface area contributed by atoms with Crippen LogP contribution in [0.15, 0.2) is 6.07 Å². The number of nitrogens with two attached hydrogens (primary N) is 1. The molecule has 2 rings (SSSR count). The van der Waals surface area contributed by atoms with Crippen molar-refractivity contribution in [1.29, 1.82) is 0 Å². The van der Waals surface area contributed by atoms with Crippen molar-refractivity contribution in [2.24, 2.45) is 0 Å². The molecular formula is C21H33ClFN3O3. The Morgan fingerprint density at radius 3 is 2.72 bits per heavy atom. The van der Waals surface area contributed by atoms with Crippen molar-refractivity contribution in [1.82, 2.24) is 10.2 Å². The Balaban J connectivity index is 1.96. The molecule has 0 unspecified atom stereocenters. The van der Waals surface area contributed by atoms with Gasteiger partial charge in [0.2, 0.25) is 0 Å². The molecule has 1 saturated heterocycles. The van der Waals surface area contributed by atoms with Crippen LogP contribution < -0.4 is 11.1 Å². The molecule has 4 N–H and O–H groups in total. The predicted octanol–water partition coefficient (Wildman–Crippen LogP) is 2.73. The van der Waals surface area contributed by atoms with E-state index in [0.29, 0.717) is 61.7 Å². The number of alkyl halides is 1. The van der Waals surface area contributed by atoms with Crippen LogP contribution >= 0.6 is 11.6 Å². The standard InChI is InChI=1S/C21H33ClFN3O3/c1-15-16(5-3-11-27)19(24)18(22)13-17(15)20(28)25-14-21(23)6-9-26(10-7-21)8-4-12-29-2/h13,27H,3-12,14,24H2,1-2H3,(H,25,28). The average molecular weight is 430 g/mol. The molecule has 0 aliphatic carbocycles. The molecular weight excluding hydrogens is 397 g/mol. The average Bonchev–Trinajstić information content (AvgIpc) is 2.71. The van der Waals surface area contributed by atoms with Gasteiger partial charge in [-0.2, -0.15) is 0 Å². The lowest BCUT2D eigenvalue weighted by Crippen LogP contribution is -2.48. The highest BCUT2D eigenvalue weighted by molar-refractivity contribution is 6.33. The van der Waals surface area contributed by atoms with E-state index in [9.17, 15) is 4.79 Å². The van der Waals surface area contributed by atoms with Crippen LogP contribution in [0.2, 0.25) is 5.02 Å². The monoisotopic (exact) mass is 429 g/mol. The summed E-state index contributed by atoms with van der Waals surface area (Å²) in [7, 11) is 1.68. The Bertz CT molecular complexity index is 694. The summed E-state index contributed by atoms with van der Waals surface area (Å²) in [6.07, 6.45) is 2.77. The van der Waals surface area contributed by atoms with E-state index in [0.717, 1.165) is 24.1 Å². The van der Waals surface area contributed by atoms with Gasteiger partial charge in [-0.3, -0.25) is 4.79 Å². The number of amides is 1. The number of piperidine rings is 1. The second-order valence-electron chi connectivity index (χ2n) is 7.77. The molecule has 1 aromatic carbocycles. The second-order valence-corrected chi connectivity index (χ2v) is 8.18. The van der Waals surface area contributed by atoms with E-state index in [1.807, 2.05) is 0 Å². The number of benzene rings is 1. The van der Waals surface area contributed by atoms with Crippen molar-refractivity contribution in [3.05, 3.63) is 27.8 Å². The maximum atomic E-state index is 15.2. The van der Waals surface area contributed by atoms with E-state index in [2.05, 4.69) is 10.2 Å². The first-order chi connectivity index (χ1) is 13.8. The van der Waals surface area contributed by atoms with E-state index in [1.54, 1.807) is 14.0 Å². The molecule has 0 bridgehead atoms. The van der Waals surface area contributed by atoms with Crippen molar-refractivity contribution >= 4 is 23.2 Å². The molecule has 1 heterocycles. The number of anilines is 1. The number of aliphatic hydroxyl groups excluding tert-OH is 1. The van der Waals surface area contributed by atoms with Crippen molar-refractivity contribution < 1.29 is 19.0 Å². The first-order valence-electron chi connectivity index (χ1n) is 10.2. The molecule has 164 valence electrons. The fourth-order valence-electron chi connectivity index (χ4n) is 3.76. The van der Waals surface area contributed by atoms with E-state index in [4.69, 9.17) is 27.2 Å². The molecule has 1 amide bonds. The summed E-state index contributed by atoms with van der Waals surface area (Å²) in [5, 5.41) is 12.1. The Hall–Kier alpha value is -1.41. The Morgan fingerprint density at radius 2 is 2.10 bits per heavy atom. The molecule has 0 saturated carbocycles. The third kappa shape index (κ3) is 6.54. The van der Waals surface area contributed by atoms with Crippen LogP contribution in [0.4, 0.5) is 10.1 Å². The summed E-state index contributed by atoms with van der Waals surface area (Å²) in [5.41, 5.74) is 6.95. The molecule has 0 aromatic heterocycles. The minimum atomic E-state index is -1.40. The van der Waals surface area contributed by atoms with Gasteiger partial charge in [-0.1, -0.05) is 11.6 Å². The van der Waals surface area contributed by atoms with Crippen LogP contribution in [0.1, 0.15) is 47.2 Å². The predicted molar refractivity (Wildman–Crippen MR) is 114 cm³/mol. The summed E-state index contributed by atoms with van der Waals surface area (Å²) in [4.78, 5) is 15.0. The molecule has 1 aliphatic rings. The fraction of sp³-hybridized carbons (Fsp3) is 0.667. The molecule has 1 aromatic rings. The summed E-state index contributed by atoms with van der Waals surface area (Å²) in [6, 6.07) is 1.54. The zero-order valence-electron chi connectivity index (χ0n) is 17.4. The van der Waals surface area contributed by atoms with Gasteiger partial charge in [-0.25, -0.2) is 4.39 Å². The van der Waals surface area contributed by atoms with Gasteiger partial charge in [0.25, 0.3) is 5.91 Å². The van der Waals surface area contributed by atoms with Crippen LogP contribution in [0.25, 0.3) is 0 Å². The summed E-state index contributed by atoms with van der Waals surface area (Å²) in [5.74, 6) is -0.353. The number of nitrogen functional groups attached to an aromatic ring is 1. The number of carbonyl (C=O) groups excluding carboxylic acids is 1. The van der Waals surface area contributed by atoms with Gasteiger partial charge in [0, 0.05) is 45.5 Å². The van der Waals surface area contributed by atoms with E-state index < -0.39 is 5.67 Å². The number of methoxy groups -OCH3 is 1. The number of nitrogens with one attached hydrogen (secondary N) is 1. The third-order valence-corrected chi connectivity index (χ3v) is 5.99. The Kier molecular flexibility index (Phi) is 9.14. The fourth-order valence-corrected chi connectivity index (χ4v) is 3.98. The number of hydrogen-bond acceptors (Lipinski definition) is 5.